The van der Waals surface area contributed by atoms with E-state index in [4.69, 9.17) is 0 Å². The molecule has 0 spiro atoms. The maximum Gasteiger partial charge on any atom is 0.265 e. The third kappa shape index (κ3) is 3.71. The number of anilines is 1. The summed E-state index contributed by atoms with van der Waals surface area (Å²) in [6.07, 6.45) is 3.37. The lowest BCUT2D eigenvalue weighted by atomic mass is 10.1. The van der Waals surface area contributed by atoms with Gasteiger partial charge in [-0.25, -0.2) is 26.5 Å². The summed E-state index contributed by atoms with van der Waals surface area (Å²) in [7, 11) is -3.96. The van der Waals surface area contributed by atoms with Crippen molar-refractivity contribution >= 4 is 21.5 Å². The summed E-state index contributed by atoms with van der Waals surface area (Å²) >= 11 is 0. The van der Waals surface area contributed by atoms with Crippen LogP contribution in [-0.4, -0.2) is 17.8 Å². The fourth-order valence-corrected chi connectivity index (χ4v) is 4.45. The zero-order valence-electron chi connectivity index (χ0n) is 15.2. The van der Waals surface area contributed by atoms with E-state index in [0.29, 0.717) is 11.2 Å². The Kier molecular flexibility index (Phi) is 5.02. The number of nitrogens with zero attached hydrogens (tertiary/aromatic N) is 3. The van der Waals surface area contributed by atoms with Gasteiger partial charge in [-0.05, 0) is 42.0 Å². The van der Waals surface area contributed by atoms with Gasteiger partial charge in [-0.1, -0.05) is 30.3 Å². The molecule has 2 heterocycles. The Morgan fingerprint density at radius 1 is 1.00 bits per heavy atom. The molecule has 0 amide bonds. The summed E-state index contributed by atoms with van der Waals surface area (Å²) < 4.78 is 56.3. The Bertz CT molecular complexity index is 1220. The Labute approximate surface area is 166 Å². The Morgan fingerprint density at radius 3 is 2.48 bits per heavy atom. The largest absolute Gasteiger partial charge is 0.305 e. The minimum atomic E-state index is -3.96. The lowest BCUT2D eigenvalue weighted by Crippen LogP contribution is -2.31. The SMILES string of the molecule is O=S(=O)(c1ccccc1)N(Cc1ccc(F)c(CF)c1)c1cn2ccccc2n1. The van der Waals surface area contributed by atoms with Crippen LogP contribution < -0.4 is 4.31 Å². The number of sulfonamides is 1. The predicted octanol–water partition coefficient (Wildman–Crippen LogP) is 4.34. The summed E-state index contributed by atoms with van der Waals surface area (Å²) in [6, 6.07) is 17.3. The van der Waals surface area contributed by atoms with Crippen LogP contribution in [0.1, 0.15) is 11.1 Å². The van der Waals surface area contributed by atoms with Gasteiger partial charge >= 0.3 is 0 Å². The molecule has 5 nitrogen and oxygen atoms in total. The van der Waals surface area contributed by atoms with E-state index in [2.05, 4.69) is 4.98 Å². The van der Waals surface area contributed by atoms with Crippen LogP contribution in [0.4, 0.5) is 14.6 Å². The van der Waals surface area contributed by atoms with E-state index in [9.17, 15) is 17.2 Å². The first-order valence-electron chi connectivity index (χ1n) is 8.84. The maximum atomic E-state index is 13.7. The maximum absolute atomic E-state index is 13.7. The van der Waals surface area contributed by atoms with Crippen LogP contribution in [0, 0.1) is 5.82 Å². The van der Waals surface area contributed by atoms with E-state index in [1.807, 2.05) is 6.07 Å². The molecule has 0 atom stereocenters. The van der Waals surface area contributed by atoms with Crippen LogP contribution in [0.2, 0.25) is 0 Å². The molecule has 0 saturated heterocycles. The van der Waals surface area contributed by atoms with Gasteiger partial charge < -0.3 is 4.40 Å². The van der Waals surface area contributed by atoms with Crippen molar-refractivity contribution in [1.29, 1.82) is 0 Å². The van der Waals surface area contributed by atoms with Crippen molar-refractivity contribution in [2.45, 2.75) is 18.1 Å². The molecule has 2 aromatic heterocycles. The number of hydrogen-bond donors (Lipinski definition) is 0. The van der Waals surface area contributed by atoms with Crippen molar-refractivity contribution in [2.75, 3.05) is 4.31 Å². The van der Waals surface area contributed by atoms with Crippen LogP contribution in [0.15, 0.2) is 84.0 Å². The number of imidazole rings is 1. The van der Waals surface area contributed by atoms with Crippen molar-refractivity contribution in [1.82, 2.24) is 9.38 Å². The van der Waals surface area contributed by atoms with Crippen LogP contribution in [0.5, 0.6) is 0 Å². The van der Waals surface area contributed by atoms with Gasteiger partial charge in [-0.2, -0.15) is 0 Å². The van der Waals surface area contributed by atoms with Gasteiger partial charge in [0.15, 0.2) is 5.82 Å². The molecule has 0 aliphatic heterocycles. The Hall–Kier alpha value is -3.26. The molecule has 0 radical (unpaired) electrons. The zero-order valence-corrected chi connectivity index (χ0v) is 16.1. The third-order valence-corrected chi connectivity index (χ3v) is 6.28. The summed E-state index contributed by atoms with van der Waals surface area (Å²) in [4.78, 5) is 4.52. The molecule has 4 aromatic rings. The van der Waals surface area contributed by atoms with Gasteiger partial charge in [0, 0.05) is 11.8 Å². The van der Waals surface area contributed by atoms with Crippen LogP contribution >= 0.6 is 0 Å². The number of alkyl halides is 1. The van der Waals surface area contributed by atoms with E-state index in [1.54, 1.807) is 47.1 Å². The van der Waals surface area contributed by atoms with Gasteiger partial charge in [0.05, 0.1) is 17.6 Å². The molecule has 0 saturated carbocycles. The fourth-order valence-electron chi connectivity index (χ4n) is 3.04. The van der Waals surface area contributed by atoms with E-state index >= 15 is 0 Å². The number of aromatic nitrogens is 2. The minimum absolute atomic E-state index is 0.102. The van der Waals surface area contributed by atoms with Crippen molar-refractivity contribution in [3.8, 4) is 0 Å². The normalized spacial score (nSPS) is 11.7. The molecule has 29 heavy (non-hydrogen) atoms. The quantitative estimate of drug-likeness (QED) is 0.473. The van der Waals surface area contributed by atoms with Gasteiger partial charge in [0.25, 0.3) is 10.0 Å². The second-order valence-corrected chi connectivity index (χ2v) is 8.31. The van der Waals surface area contributed by atoms with E-state index in [-0.39, 0.29) is 22.8 Å². The monoisotopic (exact) mass is 413 g/mol. The Morgan fingerprint density at radius 2 is 1.76 bits per heavy atom. The minimum Gasteiger partial charge on any atom is -0.305 e. The number of pyridine rings is 1. The molecular weight excluding hydrogens is 396 g/mol. The lowest BCUT2D eigenvalue weighted by molar-refractivity contribution is 0.463. The van der Waals surface area contributed by atoms with Gasteiger partial charge in [-0.3, -0.25) is 0 Å². The van der Waals surface area contributed by atoms with Crippen molar-refractivity contribution < 1.29 is 17.2 Å². The first-order valence-corrected chi connectivity index (χ1v) is 10.3. The average molecular weight is 413 g/mol. The van der Waals surface area contributed by atoms with Crippen molar-refractivity contribution in [3.63, 3.8) is 0 Å². The molecule has 2 aromatic carbocycles. The van der Waals surface area contributed by atoms with Gasteiger partial charge in [0.1, 0.15) is 18.1 Å². The third-order valence-electron chi connectivity index (χ3n) is 4.52. The van der Waals surface area contributed by atoms with Crippen molar-refractivity contribution in [3.05, 3.63) is 96.1 Å². The summed E-state index contributed by atoms with van der Waals surface area (Å²) in [5.41, 5.74) is 0.921. The van der Waals surface area contributed by atoms with E-state index in [1.165, 1.54) is 24.3 Å². The van der Waals surface area contributed by atoms with Crippen LogP contribution in [0.3, 0.4) is 0 Å². The molecule has 0 aliphatic carbocycles. The molecule has 0 fully saturated rings. The number of halogens is 2. The second kappa shape index (κ2) is 7.63. The highest BCUT2D eigenvalue weighted by Gasteiger charge is 2.27. The number of rotatable bonds is 6. The standard InChI is InChI=1S/C21H17F2N3O2S/c22-13-17-12-16(9-10-19(17)23)14-26(29(27,28)18-6-2-1-3-7-18)21-15-25-11-5-4-8-20(25)24-21/h1-12,15H,13-14H2. The molecule has 8 heteroatoms. The lowest BCUT2D eigenvalue weighted by Gasteiger charge is -2.22. The number of hydrogen-bond acceptors (Lipinski definition) is 3. The van der Waals surface area contributed by atoms with Gasteiger partial charge in [-0.15, -0.1) is 0 Å². The predicted molar refractivity (Wildman–Crippen MR) is 106 cm³/mol. The number of fused-ring (bicyclic) bond motifs is 1. The highest BCUT2D eigenvalue weighted by Crippen LogP contribution is 2.26. The summed E-state index contributed by atoms with van der Waals surface area (Å²) in [6.45, 7) is -1.09. The molecule has 0 unspecified atom stereocenters. The molecule has 0 N–H and O–H groups in total. The topological polar surface area (TPSA) is 54.7 Å². The molecule has 0 aliphatic rings. The Balaban J connectivity index is 1.83. The molecular formula is C21H17F2N3O2S. The second-order valence-electron chi connectivity index (χ2n) is 6.45. The van der Waals surface area contributed by atoms with E-state index in [0.717, 1.165) is 10.4 Å². The summed E-state index contributed by atoms with van der Waals surface area (Å²) in [5, 5.41) is 0. The van der Waals surface area contributed by atoms with Gasteiger partial charge in [0.2, 0.25) is 0 Å². The summed E-state index contributed by atoms with van der Waals surface area (Å²) in [5.74, 6) is -0.451. The average Bonchev–Trinajstić information content (AvgIpc) is 3.17. The molecule has 0 bridgehead atoms. The van der Waals surface area contributed by atoms with E-state index < -0.39 is 22.5 Å². The smallest absolute Gasteiger partial charge is 0.265 e. The highest BCUT2D eigenvalue weighted by molar-refractivity contribution is 7.92. The first kappa shape index (κ1) is 19.1. The van der Waals surface area contributed by atoms with Crippen molar-refractivity contribution in [2.24, 2.45) is 0 Å². The fraction of sp³-hybridized carbons (Fsp3) is 0.0952. The highest BCUT2D eigenvalue weighted by atomic mass is 32.2. The van der Waals surface area contributed by atoms with Crippen LogP contribution in [-0.2, 0) is 23.2 Å². The molecule has 4 rings (SSSR count). The zero-order chi connectivity index (χ0) is 20.4. The number of benzene rings is 2. The van der Waals surface area contributed by atoms with Crippen LogP contribution in [0.25, 0.3) is 5.65 Å². The molecule has 148 valence electrons. The first-order chi connectivity index (χ1) is 14.0.